The zero-order valence-corrected chi connectivity index (χ0v) is 15.2. The minimum absolute atomic E-state index is 0.0542. The molecule has 0 aliphatic rings. The lowest BCUT2D eigenvalue weighted by molar-refractivity contribution is 0.0502. The normalized spacial score (nSPS) is 12.7. The van der Waals surface area contributed by atoms with Crippen molar-refractivity contribution in [2.45, 2.75) is 52.7 Å². The smallest absolute Gasteiger partial charge is 0.408 e. The van der Waals surface area contributed by atoms with Gasteiger partial charge in [0, 0.05) is 0 Å². The number of thiazole rings is 1. The minimum Gasteiger partial charge on any atom is -0.444 e. The fraction of sp³-hybridized carbons (Fsp3) is 0.444. The molecule has 1 amide bonds. The molecule has 2 aromatic rings. The predicted octanol–water partition coefficient (Wildman–Crippen LogP) is 5.09. The van der Waals surface area contributed by atoms with Crippen molar-refractivity contribution in [3.05, 3.63) is 41.0 Å². The van der Waals surface area contributed by atoms with Gasteiger partial charge in [0.15, 0.2) is 0 Å². The molecule has 1 aromatic heterocycles. The van der Waals surface area contributed by atoms with Gasteiger partial charge in [-0.3, -0.25) is 0 Å². The minimum atomic E-state index is -0.490. The van der Waals surface area contributed by atoms with E-state index in [9.17, 15) is 4.79 Å². The molecule has 1 heterocycles. The van der Waals surface area contributed by atoms with Gasteiger partial charge in [0.2, 0.25) is 0 Å². The Kier molecular flexibility index (Phi) is 5.42. The van der Waals surface area contributed by atoms with Crippen molar-refractivity contribution in [2.24, 2.45) is 0 Å². The Morgan fingerprint density at radius 2 is 1.96 bits per heavy atom. The van der Waals surface area contributed by atoms with Gasteiger partial charge in [-0.15, -0.1) is 11.3 Å². The molecule has 1 N–H and O–H groups in total. The van der Waals surface area contributed by atoms with E-state index >= 15 is 0 Å². The summed E-state index contributed by atoms with van der Waals surface area (Å²) in [6, 6.07) is 8.21. The molecule has 1 atom stereocenters. The molecule has 0 aliphatic heterocycles. The summed E-state index contributed by atoms with van der Waals surface area (Å²) >= 11 is 1.64. The Morgan fingerprint density at radius 1 is 1.30 bits per heavy atom. The van der Waals surface area contributed by atoms with Gasteiger partial charge in [-0.25, -0.2) is 9.78 Å². The quantitative estimate of drug-likeness (QED) is 0.848. The maximum atomic E-state index is 12.0. The first-order valence-corrected chi connectivity index (χ1v) is 8.68. The third kappa shape index (κ3) is 4.79. The van der Waals surface area contributed by atoms with Gasteiger partial charge in [0.05, 0.1) is 22.1 Å². The van der Waals surface area contributed by atoms with Crippen LogP contribution >= 0.6 is 11.3 Å². The van der Waals surface area contributed by atoms with Crippen LogP contribution in [0.1, 0.15) is 51.4 Å². The number of alkyl carbamates (subject to hydrolysis) is 1. The first kappa shape index (κ1) is 17.5. The van der Waals surface area contributed by atoms with Gasteiger partial charge in [-0.1, -0.05) is 31.2 Å². The summed E-state index contributed by atoms with van der Waals surface area (Å²) in [6.07, 6.45) is 0.421. The van der Waals surface area contributed by atoms with E-state index in [1.807, 2.05) is 40.1 Å². The molecule has 0 saturated heterocycles. The van der Waals surface area contributed by atoms with Crippen LogP contribution in [0, 0.1) is 6.92 Å². The molecule has 2 rings (SSSR count). The maximum absolute atomic E-state index is 12.0. The SMILES string of the molecule is CC[C@H](NC(=O)OC(C)(C)C)c1ccc(-c2scnc2C)cc1. The van der Waals surface area contributed by atoms with Crippen LogP contribution in [0.5, 0.6) is 0 Å². The Labute approximate surface area is 141 Å². The Balaban J connectivity index is 2.10. The number of nitrogens with one attached hydrogen (secondary N) is 1. The largest absolute Gasteiger partial charge is 0.444 e. The number of benzene rings is 1. The summed E-state index contributed by atoms with van der Waals surface area (Å²) in [5, 5.41) is 2.93. The van der Waals surface area contributed by atoms with Crippen LogP contribution in [-0.2, 0) is 4.74 Å². The van der Waals surface area contributed by atoms with Crippen molar-refractivity contribution in [3.63, 3.8) is 0 Å². The highest BCUT2D eigenvalue weighted by Crippen LogP contribution is 2.28. The van der Waals surface area contributed by atoms with Crippen molar-refractivity contribution in [3.8, 4) is 10.4 Å². The number of hydrogen-bond acceptors (Lipinski definition) is 4. The van der Waals surface area contributed by atoms with E-state index in [-0.39, 0.29) is 12.1 Å². The summed E-state index contributed by atoms with van der Waals surface area (Å²) in [4.78, 5) is 17.4. The molecule has 0 aliphatic carbocycles. The molecule has 0 bridgehead atoms. The highest BCUT2D eigenvalue weighted by molar-refractivity contribution is 7.13. The number of ether oxygens (including phenoxy) is 1. The summed E-state index contributed by atoms with van der Waals surface area (Å²) < 4.78 is 5.33. The molecule has 0 unspecified atom stereocenters. The number of amides is 1. The van der Waals surface area contributed by atoms with Crippen molar-refractivity contribution in [2.75, 3.05) is 0 Å². The maximum Gasteiger partial charge on any atom is 0.408 e. The standard InChI is InChI=1S/C18H24N2O2S/c1-6-15(20-17(21)22-18(3,4)5)13-7-9-14(10-8-13)16-12(2)19-11-23-16/h7-11,15H,6H2,1-5H3,(H,20,21)/t15-/m0/s1. The number of carbonyl (C=O) groups is 1. The number of carbonyl (C=O) groups excluding carboxylic acids is 1. The number of aromatic nitrogens is 1. The highest BCUT2D eigenvalue weighted by atomic mass is 32.1. The lowest BCUT2D eigenvalue weighted by Gasteiger charge is -2.23. The molecule has 5 heteroatoms. The first-order chi connectivity index (χ1) is 10.8. The van der Waals surface area contributed by atoms with E-state index in [4.69, 9.17) is 4.74 Å². The summed E-state index contributed by atoms with van der Waals surface area (Å²) in [6.45, 7) is 9.64. The van der Waals surface area contributed by atoms with Crippen molar-refractivity contribution in [1.29, 1.82) is 0 Å². The van der Waals surface area contributed by atoms with Crippen molar-refractivity contribution in [1.82, 2.24) is 10.3 Å². The zero-order chi connectivity index (χ0) is 17.0. The lowest BCUT2D eigenvalue weighted by Crippen LogP contribution is -2.34. The molecule has 4 nitrogen and oxygen atoms in total. The van der Waals surface area contributed by atoms with E-state index in [1.54, 1.807) is 11.3 Å². The van der Waals surface area contributed by atoms with Gasteiger partial charge in [0.1, 0.15) is 5.60 Å². The van der Waals surface area contributed by atoms with Crippen LogP contribution in [-0.4, -0.2) is 16.7 Å². The van der Waals surface area contributed by atoms with Gasteiger partial charge in [0.25, 0.3) is 0 Å². The molecule has 0 radical (unpaired) electrons. The predicted molar refractivity (Wildman–Crippen MR) is 94.7 cm³/mol. The van der Waals surface area contributed by atoms with Crippen LogP contribution in [0.3, 0.4) is 0 Å². The fourth-order valence-corrected chi connectivity index (χ4v) is 3.13. The third-order valence-electron chi connectivity index (χ3n) is 3.42. The third-order valence-corrected chi connectivity index (χ3v) is 4.40. The van der Waals surface area contributed by atoms with Gasteiger partial charge in [-0.2, -0.15) is 0 Å². The second-order valence-electron chi connectivity index (χ2n) is 6.50. The molecule has 0 saturated carbocycles. The number of rotatable bonds is 4. The Morgan fingerprint density at radius 3 is 2.43 bits per heavy atom. The average Bonchev–Trinajstić information content (AvgIpc) is 2.89. The number of hydrogen-bond donors (Lipinski definition) is 1. The van der Waals surface area contributed by atoms with E-state index in [0.717, 1.165) is 23.2 Å². The van der Waals surface area contributed by atoms with Crippen LogP contribution in [0.15, 0.2) is 29.8 Å². The lowest BCUT2D eigenvalue weighted by atomic mass is 10.0. The Bertz CT molecular complexity index is 656. The van der Waals surface area contributed by atoms with E-state index in [0.29, 0.717) is 0 Å². The second-order valence-corrected chi connectivity index (χ2v) is 7.35. The Hall–Kier alpha value is -1.88. The van der Waals surface area contributed by atoms with Crippen molar-refractivity contribution >= 4 is 17.4 Å². The van der Waals surface area contributed by atoms with Gasteiger partial charge < -0.3 is 10.1 Å². The molecule has 124 valence electrons. The van der Waals surface area contributed by atoms with Gasteiger partial charge in [-0.05, 0) is 45.2 Å². The topological polar surface area (TPSA) is 51.2 Å². The van der Waals surface area contributed by atoms with Crippen LogP contribution in [0.25, 0.3) is 10.4 Å². The molecule has 0 spiro atoms. The second kappa shape index (κ2) is 7.13. The van der Waals surface area contributed by atoms with E-state index in [2.05, 4.69) is 34.6 Å². The molecule has 0 fully saturated rings. The van der Waals surface area contributed by atoms with E-state index < -0.39 is 5.60 Å². The summed E-state index contributed by atoms with van der Waals surface area (Å²) in [5.41, 5.74) is 4.64. The monoisotopic (exact) mass is 332 g/mol. The van der Waals surface area contributed by atoms with Crippen LogP contribution < -0.4 is 5.32 Å². The highest BCUT2D eigenvalue weighted by Gasteiger charge is 2.19. The van der Waals surface area contributed by atoms with Crippen LogP contribution in [0.2, 0.25) is 0 Å². The number of nitrogens with zero attached hydrogens (tertiary/aromatic N) is 1. The molecule has 23 heavy (non-hydrogen) atoms. The van der Waals surface area contributed by atoms with Crippen LogP contribution in [0.4, 0.5) is 4.79 Å². The number of aryl methyl sites for hydroxylation is 1. The first-order valence-electron chi connectivity index (χ1n) is 7.80. The summed E-state index contributed by atoms with van der Waals surface area (Å²) in [7, 11) is 0. The molecule has 1 aromatic carbocycles. The average molecular weight is 332 g/mol. The fourth-order valence-electron chi connectivity index (χ4n) is 2.32. The summed E-state index contributed by atoms with van der Waals surface area (Å²) in [5.74, 6) is 0. The van der Waals surface area contributed by atoms with E-state index in [1.165, 1.54) is 4.88 Å². The van der Waals surface area contributed by atoms with Crippen molar-refractivity contribution < 1.29 is 9.53 Å². The van der Waals surface area contributed by atoms with Gasteiger partial charge >= 0.3 is 6.09 Å². The zero-order valence-electron chi connectivity index (χ0n) is 14.3. The molecular weight excluding hydrogens is 308 g/mol. The molecular formula is C18H24N2O2S.